The number of methoxy groups -OCH3 is 1. The van der Waals surface area contributed by atoms with Crippen LogP contribution >= 0.6 is 0 Å². The Morgan fingerprint density at radius 3 is 1.87 bits per heavy atom. The van der Waals surface area contributed by atoms with Crippen LogP contribution in [0.5, 0.6) is 5.75 Å². The Kier molecular flexibility index (Phi) is 6.54. The fourth-order valence-electron chi connectivity index (χ4n) is 3.62. The normalized spacial score (nSPS) is 12.6. The lowest BCUT2D eigenvalue weighted by molar-refractivity contribution is -0.146. The summed E-state index contributed by atoms with van der Waals surface area (Å²) >= 11 is 0. The number of carbonyl (C=O) groups excluding carboxylic acids is 1. The Morgan fingerprint density at radius 2 is 1.37 bits per heavy atom. The molecular formula is C24H14F9N3O2. The highest BCUT2D eigenvalue weighted by atomic mass is 19.4. The zero-order valence-corrected chi connectivity index (χ0v) is 18.9. The molecule has 0 atom stereocenters. The summed E-state index contributed by atoms with van der Waals surface area (Å²) < 4.78 is 125. The molecule has 0 aliphatic heterocycles. The standard InChI is InChI=1S/C24H14F9N3O2/c1-38-17-6-7-19-18(11-17)35-21(24(31,32)33)36(19)16-4-2-15(3-5-16)34-20(37)12-8-13(22(25,26)27)10-14(9-12)23(28,29)30/h2-11H,1H3,(H,34,37). The van der Waals surface area contributed by atoms with Gasteiger partial charge in [0.1, 0.15) is 5.75 Å². The first-order valence-corrected chi connectivity index (χ1v) is 10.4. The number of ether oxygens (including phenoxy) is 1. The van der Waals surface area contributed by atoms with Gasteiger partial charge in [0.05, 0.1) is 29.3 Å². The minimum absolute atomic E-state index is 0.0148. The average molecular weight is 547 g/mol. The Bertz CT molecular complexity index is 1470. The fourth-order valence-corrected chi connectivity index (χ4v) is 3.62. The van der Waals surface area contributed by atoms with Crippen LogP contribution in [0.25, 0.3) is 16.7 Å². The first kappa shape index (κ1) is 26.8. The molecule has 4 aromatic rings. The van der Waals surface area contributed by atoms with E-state index >= 15 is 0 Å². The third-order valence-corrected chi connectivity index (χ3v) is 5.35. The maximum absolute atomic E-state index is 13.7. The summed E-state index contributed by atoms with van der Waals surface area (Å²) in [5.74, 6) is -2.26. The molecule has 1 aromatic heterocycles. The van der Waals surface area contributed by atoms with E-state index < -0.39 is 47.0 Å². The van der Waals surface area contributed by atoms with Crippen LogP contribution in [0.1, 0.15) is 27.3 Å². The first-order chi connectivity index (χ1) is 17.6. The molecule has 1 amide bonds. The van der Waals surface area contributed by atoms with E-state index in [1.165, 1.54) is 37.4 Å². The van der Waals surface area contributed by atoms with Gasteiger partial charge in [-0.05, 0) is 54.6 Å². The molecule has 0 saturated heterocycles. The predicted octanol–water partition coefficient (Wildman–Crippen LogP) is 7.34. The van der Waals surface area contributed by atoms with Gasteiger partial charge in [-0.25, -0.2) is 4.98 Å². The van der Waals surface area contributed by atoms with E-state index in [4.69, 9.17) is 4.74 Å². The Morgan fingerprint density at radius 1 is 0.789 bits per heavy atom. The number of amides is 1. The van der Waals surface area contributed by atoms with Crippen molar-refractivity contribution in [2.24, 2.45) is 0 Å². The van der Waals surface area contributed by atoms with Crippen molar-refractivity contribution in [3.05, 3.63) is 83.2 Å². The maximum atomic E-state index is 13.7. The summed E-state index contributed by atoms with van der Waals surface area (Å²) in [6.07, 6.45) is -15.1. The van der Waals surface area contributed by atoms with Gasteiger partial charge in [-0.2, -0.15) is 39.5 Å². The van der Waals surface area contributed by atoms with E-state index in [1.54, 1.807) is 0 Å². The Labute approximate surface area is 207 Å². The third-order valence-electron chi connectivity index (χ3n) is 5.35. The molecule has 0 fully saturated rings. The second-order valence-corrected chi connectivity index (χ2v) is 7.92. The van der Waals surface area contributed by atoms with Crippen molar-refractivity contribution < 1.29 is 49.0 Å². The summed E-state index contributed by atoms with van der Waals surface area (Å²) in [6.45, 7) is 0. The number of hydrogen-bond acceptors (Lipinski definition) is 3. The van der Waals surface area contributed by atoms with Crippen molar-refractivity contribution in [1.29, 1.82) is 0 Å². The number of carbonyl (C=O) groups is 1. The third kappa shape index (κ3) is 5.38. The monoisotopic (exact) mass is 547 g/mol. The van der Waals surface area contributed by atoms with Crippen LogP contribution < -0.4 is 10.1 Å². The van der Waals surface area contributed by atoms with Crippen LogP contribution in [0, 0.1) is 0 Å². The van der Waals surface area contributed by atoms with Crippen molar-refractivity contribution in [3.8, 4) is 11.4 Å². The molecule has 0 spiro atoms. The van der Waals surface area contributed by atoms with Crippen LogP contribution in [0.4, 0.5) is 45.2 Å². The number of nitrogens with zero attached hydrogens (tertiary/aromatic N) is 2. The van der Waals surface area contributed by atoms with Crippen LogP contribution in [0.15, 0.2) is 60.7 Å². The highest BCUT2D eigenvalue weighted by Gasteiger charge is 2.39. The molecule has 4 rings (SSSR count). The molecule has 1 N–H and O–H groups in total. The maximum Gasteiger partial charge on any atom is 0.450 e. The zero-order valence-electron chi connectivity index (χ0n) is 18.9. The van der Waals surface area contributed by atoms with Crippen LogP contribution in [-0.4, -0.2) is 22.6 Å². The molecule has 0 radical (unpaired) electrons. The van der Waals surface area contributed by atoms with Crippen LogP contribution in [-0.2, 0) is 18.5 Å². The second-order valence-electron chi connectivity index (χ2n) is 7.92. The molecule has 0 aliphatic carbocycles. The van der Waals surface area contributed by atoms with Gasteiger partial charge in [-0.1, -0.05) is 0 Å². The number of imidazole rings is 1. The number of aromatic nitrogens is 2. The average Bonchev–Trinajstić information content (AvgIpc) is 3.22. The number of halogens is 9. The van der Waals surface area contributed by atoms with E-state index in [9.17, 15) is 44.3 Å². The van der Waals surface area contributed by atoms with E-state index in [0.29, 0.717) is 0 Å². The topological polar surface area (TPSA) is 56.1 Å². The van der Waals surface area contributed by atoms with Gasteiger partial charge in [0.2, 0.25) is 5.82 Å². The Balaban J connectivity index is 1.68. The van der Waals surface area contributed by atoms with Gasteiger partial charge in [-0.15, -0.1) is 0 Å². The predicted molar refractivity (Wildman–Crippen MR) is 117 cm³/mol. The largest absolute Gasteiger partial charge is 0.497 e. The lowest BCUT2D eigenvalue weighted by Gasteiger charge is -2.15. The molecule has 1 heterocycles. The lowest BCUT2D eigenvalue weighted by atomic mass is 10.0. The molecular weight excluding hydrogens is 533 g/mol. The summed E-state index contributed by atoms with van der Waals surface area (Å²) in [5, 5.41) is 2.15. The first-order valence-electron chi connectivity index (χ1n) is 10.4. The van der Waals surface area contributed by atoms with Crippen molar-refractivity contribution in [2.45, 2.75) is 18.5 Å². The summed E-state index contributed by atoms with van der Waals surface area (Å²) in [7, 11) is 1.33. The second kappa shape index (κ2) is 9.26. The molecule has 0 bridgehead atoms. The van der Waals surface area contributed by atoms with E-state index in [0.717, 1.165) is 16.7 Å². The number of anilines is 1. The van der Waals surface area contributed by atoms with Crippen molar-refractivity contribution in [3.63, 3.8) is 0 Å². The van der Waals surface area contributed by atoms with Gasteiger partial charge in [0.15, 0.2) is 0 Å². The number of rotatable bonds is 4. The van der Waals surface area contributed by atoms with Gasteiger partial charge >= 0.3 is 18.5 Å². The minimum atomic E-state index is -5.15. The zero-order chi connectivity index (χ0) is 28.0. The minimum Gasteiger partial charge on any atom is -0.497 e. The quantitative estimate of drug-likeness (QED) is 0.272. The fraction of sp³-hybridized carbons (Fsp3) is 0.167. The van der Waals surface area contributed by atoms with Gasteiger partial charge in [0.25, 0.3) is 5.91 Å². The molecule has 14 heteroatoms. The molecule has 0 aliphatic rings. The van der Waals surface area contributed by atoms with Crippen molar-refractivity contribution in [2.75, 3.05) is 12.4 Å². The van der Waals surface area contributed by atoms with E-state index in [2.05, 4.69) is 10.3 Å². The number of alkyl halides is 9. The molecule has 0 unspecified atom stereocenters. The van der Waals surface area contributed by atoms with Gasteiger partial charge < -0.3 is 10.1 Å². The number of nitrogens with one attached hydrogen (secondary N) is 1. The summed E-state index contributed by atoms with van der Waals surface area (Å²) in [5.41, 5.74) is -4.30. The van der Waals surface area contributed by atoms with Crippen LogP contribution in [0.2, 0.25) is 0 Å². The van der Waals surface area contributed by atoms with Crippen LogP contribution in [0.3, 0.4) is 0 Å². The molecule has 0 saturated carbocycles. The van der Waals surface area contributed by atoms with E-state index in [-0.39, 0.29) is 46.4 Å². The smallest absolute Gasteiger partial charge is 0.450 e. The molecule has 38 heavy (non-hydrogen) atoms. The number of fused-ring (bicyclic) bond motifs is 1. The lowest BCUT2D eigenvalue weighted by Crippen LogP contribution is -2.17. The molecule has 200 valence electrons. The molecule has 3 aromatic carbocycles. The SMILES string of the molecule is COc1ccc2c(c1)nc(C(F)(F)F)n2-c1ccc(NC(=O)c2cc(C(F)(F)F)cc(C(F)(F)F)c2)cc1. The van der Waals surface area contributed by atoms with Crippen molar-refractivity contribution >= 4 is 22.6 Å². The number of benzene rings is 3. The highest BCUT2D eigenvalue weighted by Crippen LogP contribution is 2.37. The highest BCUT2D eigenvalue weighted by molar-refractivity contribution is 6.04. The van der Waals surface area contributed by atoms with Gasteiger partial charge in [-0.3, -0.25) is 9.36 Å². The van der Waals surface area contributed by atoms with E-state index in [1.807, 2.05) is 0 Å². The van der Waals surface area contributed by atoms with Gasteiger partial charge in [0, 0.05) is 23.0 Å². The summed E-state index contributed by atoms with van der Waals surface area (Å²) in [4.78, 5) is 16.1. The molecule has 5 nitrogen and oxygen atoms in total. The Hall–Kier alpha value is -4.23. The summed E-state index contributed by atoms with van der Waals surface area (Å²) in [6, 6.07) is 9.13. The number of hydrogen-bond donors (Lipinski definition) is 1. The van der Waals surface area contributed by atoms with Crippen molar-refractivity contribution in [1.82, 2.24) is 9.55 Å².